The third kappa shape index (κ3) is 3.82. The highest BCUT2D eigenvalue weighted by molar-refractivity contribution is 7.89. The van der Waals surface area contributed by atoms with Gasteiger partial charge in [-0.15, -0.1) is 0 Å². The van der Waals surface area contributed by atoms with Crippen molar-refractivity contribution in [2.24, 2.45) is 0 Å². The summed E-state index contributed by atoms with van der Waals surface area (Å²) in [4.78, 5) is 0.288. The average molecular weight is 335 g/mol. The molecule has 1 aromatic heterocycles. The summed E-state index contributed by atoms with van der Waals surface area (Å²) in [5.74, 6) is 0. The van der Waals surface area contributed by atoms with Gasteiger partial charge >= 0.3 is 0 Å². The molecule has 0 aliphatic rings. The van der Waals surface area contributed by atoms with E-state index in [0.29, 0.717) is 12.2 Å². The molecule has 1 aromatic carbocycles. The number of nitrogens with zero attached hydrogens (tertiary/aromatic N) is 3. The van der Waals surface area contributed by atoms with Gasteiger partial charge in [-0.25, -0.2) is 8.42 Å². The Balaban J connectivity index is 2.37. The summed E-state index contributed by atoms with van der Waals surface area (Å²) in [5, 5.41) is 4.38. The normalized spacial score (nSPS) is 12.5. The zero-order chi connectivity index (χ0) is 17.2. The Bertz CT molecular complexity index is 741. The van der Waals surface area contributed by atoms with Crippen molar-refractivity contribution < 1.29 is 8.42 Å². The quantitative estimate of drug-likeness (QED) is 0.815. The monoisotopic (exact) mass is 335 g/mol. The van der Waals surface area contributed by atoms with Crippen LogP contribution in [0, 0.1) is 6.92 Å². The van der Waals surface area contributed by atoms with Crippen LogP contribution < -0.4 is 0 Å². The van der Waals surface area contributed by atoms with Gasteiger partial charge < -0.3 is 0 Å². The molecular weight excluding hydrogens is 310 g/mol. The van der Waals surface area contributed by atoms with Gasteiger partial charge in [0.1, 0.15) is 4.90 Å². The summed E-state index contributed by atoms with van der Waals surface area (Å²) in [5.41, 5.74) is 1.62. The Morgan fingerprint density at radius 2 is 1.65 bits per heavy atom. The minimum absolute atomic E-state index is 0.100. The molecule has 23 heavy (non-hydrogen) atoms. The van der Waals surface area contributed by atoms with Crippen LogP contribution in [-0.4, -0.2) is 34.6 Å². The van der Waals surface area contributed by atoms with Gasteiger partial charge in [0.05, 0.1) is 12.2 Å². The summed E-state index contributed by atoms with van der Waals surface area (Å²) in [7, 11) is -3.55. The number of aryl methyl sites for hydroxylation is 1. The molecule has 0 radical (unpaired) electrons. The minimum Gasteiger partial charge on any atom is -0.267 e. The van der Waals surface area contributed by atoms with Crippen molar-refractivity contribution in [2.45, 2.75) is 58.1 Å². The first-order valence-electron chi connectivity index (χ1n) is 7.85. The van der Waals surface area contributed by atoms with Gasteiger partial charge in [0.2, 0.25) is 10.0 Å². The van der Waals surface area contributed by atoms with Gasteiger partial charge in [-0.1, -0.05) is 30.3 Å². The molecule has 0 aliphatic heterocycles. The molecule has 0 unspecified atom stereocenters. The molecule has 2 rings (SSSR count). The molecule has 0 aliphatic carbocycles. The summed E-state index contributed by atoms with van der Waals surface area (Å²) < 4.78 is 29.2. The van der Waals surface area contributed by atoms with Crippen molar-refractivity contribution in [3.05, 3.63) is 47.8 Å². The van der Waals surface area contributed by atoms with Gasteiger partial charge in [0.25, 0.3) is 0 Å². The first-order chi connectivity index (χ1) is 10.7. The van der Waals surface area contributed by atoms with E-state index in [9.17, 15) is 8.42 Å². The number of benzene rings is 1. The van der Waals surface area contributed by atoms with Crippen LogP contribution in [-0.2, 0) is 16.6 Å². The van der Waals surface area contributed by atoms with Crippen molar-refractivity contribution in [1.82, 2.24) is 14.1 Å². The molecule has 0 amide bonds. The van der Waals surface area contributed by atoms with E-state index in [1.165, 1.54) is 4.31 Å². The van der Waals surface area contributed by atoms with Crippen molar-refractivity contribution in [1.29, 1.82) is 0 Å². The van der Waals surface area contributed by atoms with Crippen molar-refractivity contribution in [3.63, 3.8) is 0 Å². The maximum absolute atomic E-state index is 13.0. The standard InChI is InChI=1S/C17H25N3O2S/c1-13(2)20(14(3)4)23(21,22)17-12-19(18-15(17)5)11-16-9-7-6-8-10-16/h6-10,12-14H,11H2,1-5H3. The van der Waals surface area contributed by atoms with E-state index in [0.717, 1.165) is 5.56 Å². The van der Waals surface area contributed by atoms with Gasteiger partial charge in [-0.3, -0.25) is 4.68 Å². The Morgan fingerprint density at radius 3 is 2.17 bits per heavy atom. The van der Waals surface area contributed by atoms with E-state index in [4.69, 9.17) is 0 Å². The maximum atomic E-state index is 13.0. The molecule has 0 saturated heterocycles. The van der Waals surface area contributed by atoms with Crippen molar-refractivity contribution >= 4 is 10.0 Å². The zero-order valence-electron chi connectivity index (χ0n) is 14.4. The third-order valence-corrected chi connectivity index (χ3v) is 6.02. The molecule has 0 N–H and O–H groups in total. The molecule has 6 heteroatoms. The molecular formula is C17H25N3O2S. The van der Waals surface area contributed by atoms with E-state index in [2.05, 4.69) is 5.10 Å². The van der Waals surface area contributed by atoms with E-state index in [-0.39, 0.29) is 17.0 Å². The number of aromatic nitrogens is 2. The van der Waals surface area contributed by atoms with Crippen LogP contribution in [0.25, 0.3) is 0 Å². The third-order valence-electron chi connectivity index (χ3n) is 3.66. The maximum Gasteiger partial charge on any atom is 0.246 e. The van der Waals surface area contributed by atoms with Crippen LogP contribution in [0.5, 0.6) is 0 Å². The lowest BCUT2D eigenvalue weighted by atomic mass is 10.2. The van der Waals surface area contributed by atoms with E-state index >= 15 is 0 Å². The Kier molecular flexibility index (Phi) is 5.26. The zero-order valence-corrected chi connectivity index (χ0v) is 15.2. The first kappa shape index (κ1) is 17.7. The summed E-state index contributed by atoms with van der Waals surface area (Å²) in [6.07, 6.45) is 1.63. The Labute approximate surface area is 139 Å². The summed E-state index contributed by atoms with van der Waals surface area (Å²) in [6, 6.07) is 9.68. The molecule has 0 fully saturated rings. The van der Waals surface area contributed by atoms with Gasteiger partial charge in [0.15, 0.2) is 0 Å². The van der Waals surface area contributed by atoms with Crippen LogP contribution in [0.1, 0.15) is 39.0 Å². The summed E-state index contributed by atoms with van der Waals surface area (Å²) in [6.45, 7) is 9.86. The highest BCUT2D eigenvalue weighted by Crippen LogP contribution is 2.23. The lowest BCUT2D eigenvalue weighted by Gasteiger charge is -2.29. The first-order valence-corrected chi connectivity index (χ1v) is 9.29. The highest BCUT2D eigenvalue weighted by atomic mass is 32.2. The second kappa shape index (κ2) is 6.84. The second-order valence-electron chi connectivity index (χ2n) is 6.28. The molecule has 0 atom stereocenters. The molecule has 126 valence electrons. The average Bonchev–Trinajstić information content (AvgIpc) is 2.80. The number of hydrogen-bond acceptors (Lipinski definition) is 3. The van der Waals surface area contributed by atoms with Crippen molar-refractivity contribution in [3.8, 4) is 0 Å². The fourth-order valence-corrected chi connectivity index (χ4v) is 4.88. The predicted molar refractivity (Wildman–Crippen MR) is 91.8 cm³/mol. The van der Waals surface area contributed by atoms with Crippen LogP contribution >= 0.6 is 0 Å². The van der Waals surface area contributed by atoms with Crippen LogP contribution in [0.4, 0.5) is 0 Å². The Hall–Kier alpha value is -1.66. The largest absolute Gasteiger partial charge is 0.267 e. The van der Waals surface area contributed by atoms with Crippen molar-refractivity contribution in [2.75, 3.05) is 0 Å². The minimum atomic E-state index is -3.55. The lowest BCUT2D eigenvalue weighted by Crippen LogP contribution is -2.42. The van der Waals surface area contributed by atoms with Gasteiger partial charge in [-0.2, -0.15) is 9.40 Å². The number of hydrogen-bond donors (Lipinski definition) is 0. The molecule has 0 saturated carbocycles. The fraction of sp³-hybridized carbons (Fsp3) is 0.471. The topological polar surface area (TPSA) is 55.2 Å². The Morgan fingerprint density at radius 1 is 1.09 bits per heavy atom. The smallest absolute Gasteiger partial charge is 0.246 e. The van der Waals surface area contributed by atoms with E-state index in [1.807, 2.05) is 58.0 Å². The lowest BCUT2D eigenvalue weighted by molar-refractivity contribution is 0.302. The molecule has 5 nitrogen and oxygen atoms in total. The molecule has 1 heterocycles. The second-order valence-corrected chi connectivity index (χ2v) is 8.10. The molecule has 2 aromatic rings. The molecule has 0 bridgehead atoms. The SMILES string of the molecule is Cc1nn(Cc2ccccc2)cc1S(=O)(=O)N(C(C)C)C(C)C. The number of rotatable bonds is 6. The van der Waals surface area contributed by atoms with E-state index in [1.54, 1.807) is 17.8 Å². The van der Waals surface area contributed by atoms with Crippen LogP contribution in [0.2, 0.25) is 0 Å². The predicted octanol–water partition coefficient (Wildman–Crippen LogP) is 3.05. The summed E-state index contributed by atoms with van der Waals surface area (Å²) >= 11 is 0. The van der Waals surface area contributed by atoms with E-state index < -0.39 is 10.0 Å². The fourth-order valence-electron chi connectivity index (χ4n) is 2.87. The van der Waals surface area contributed by atoms with Crippen LogP contribution in [0.3, 0.4) is 0 Å². The molecule has 0 spiro atoms. The highest BCUT2D eigenvalue weighted by Gasteiger charge is 2.32. The van der Waals surface area contributed by atoms with Gasteiger partial charge in [0, 0.05) is 18.3 Å². The van der Waals surface area contributed by atoms with Gasteiger partial charge in [-0.05, 0) is 40.2 Å². The van der Waals surface area contributed by atoms with Crippen LogP contribution in [0.15, 0.2) is 41.4 Å². The number of sulfonamides is 1.